The van der Waals surface area contributed by atoms with Crippen molar-refractivity contribution in [2.24, 2.45) is 5.41 Å². The van der Waals surface area contributed by atoms with Crippen LogP contribution in [-0.4, -0.2) is 36.7 Å². The first kappa shape index (κ1) is 16.5. The molecule has 0 unspecified atom stereocenters. The van der Waals surface area contributed by atoms with Crippen LogP contribution in [0.3, 0.4) is 0 Å². The van der Waals surface area contributed by atoms with Crippen molar-refractivity contribution in [2.75, 3.05) is 19.7 Å². The maximum absolute atomic E-state index is 11.8. The van der Waals surface area contributed by atoms with Crippen LogP contribution in [0.4, 0.5) is 0 Å². The van der Waals surface area contributed by atoms with Crippen LogP contribution in [0.1, 0.15) is 49.5 Å². The van der Waals surface area contributed by atoms with Gasteiger partial charge in [-0.05, 0) is 45.4 Å². The number of carbonyl (C=O) groups is 2. The Hall–Kier alpha value is -1.88. The number of nitrogens with zero attached hydrogens (tertiary/aromatic N) is 1. The minimum Gasteiger partial charge on any atom is -0.462 e. The van der Waals surface area contributed by atoms with Crippen molar-refractivity contribution in [3.05, 3.63) is 35.4 Å². The molecular formula is C17H23NO4. The van der Waals surface area contributed by atoms with Gasteiger partial charge in [0.1, 0.15) is 0 Å². The van der Waals surface area contributed by atoms with Crippen molar-refractivity contribution in [2.45, 2.75) is 33.6 Å². The molecule has 1 aliphatic heterocycles. The second-order valence-corrected chi connectivity index (χ2v) is 6.52. The SMILES string of the molecule is CCOC(=O)c1ccc(C2CN(OC(=O)C(C)(C)C)C2)cc1. The van der Waals surface area contributed by atoms with E-state index in [1.165, 1.54) is 0 Å². The lowest BCUT2D eigenvalue weighted by atomic mass is 9.92. The van der Waals surface area contributed by atoms with Crippen LogP contribution in [0.15, 0.2) is 24.3 Å². The fraction of sp³-hybridized carbons (Fsp3) is 0.529. The van der Waals surface area contributed by atoms with Crippen molar-refractivity contribution in [1.82, 2.24) is 5.06 Å². The Bertz CT molecular complexity index is 539. The predicted octanol–water partition coefficient (Wildman–Crippen LogP) is 2.77. The van der Waals surface area contributed by atoms with Crippen LogP contribution in [0.25, 0.3) is 0 Å². The highest BCUT2D eigenvalue weighted by atomic mass is 16.7. The lowest BCUT2D eigenvalue weighted by Gasteiger charge is -2.38. The molecular weight excluding hydrogens is 282 g/mol. The molecule has 1 aromatic carbocycles. The van der Waals surface area contributed by atoms with Crippen molar-refractivity contribution >= 4 is 11.9 Å². The molecule has 0 bridgehead atoms. The normalized spacial score (nSPS) is 16.0. The minimum atomic E-state index is -0.494. The Morgan fingerprint density at radius 3 is 2.27 bits per heavy atom. The number of benzene rings is 1. The fourth-order valence-electron chi connectivity index (χ4n) is 2.08. The number of hydroxylamine groups is 2. The topological polar surface area (TPSA) is 55.8 Å². The standard InChI is InChI=1S/C17H23NO4/c1-5-21-15(19)13-8-6-12(7-9-13)14-10-18(11-14)22-16(20)17(2,3)4/h6-9,14H,5,10-11H2,1-4H3. The van der Waals surface area contributed by atoms with Crippen LogP contribution in [0.5, 0.6) is 0 Å². The largest absolute Gasteiger partial charge is 0.462 e. The highest BCUT2D eigenvalue weighted by molar-refractivity contribution is 5.89. The fourth-order valence-corrected chi connectivity index (χ4v) is 2.08. The zero-order valence-electron chi connectivity index (χ0n) is 13.6. The monoisotopic (exact) mass is 305 g/mol. The van der Waals surface area contributed by atoms with Gasteiger partial charge in [-0.25, -0.2) is 9.59 Å². The zero-order chi connectivity index (χ0) is 16.3. The second-order valence-electron chi connectivity index (χ2n) is 6.52. The third kappa shape index (κ3) is 3.85. The van der Waals surface area contributed by atoms with Crippen LogP contribution < -0.4 is 0 Å². The summed E-state index contributed by atoms with van der Waals surface area (Å²) < 4.78 is 4.96. The van der Waals surface area contributed by atoms with Gasteiger partial charge >= 0.3 is 11.9 Å². The molecule has 0 amide bonds. The first-order valence-corrected chi connectivity index (χ1v) is 7.55. The van der Waals surface area contributed by atoms with Gasteiger partial charge < -0.3 is 9.57 Å². The highest BCUT2D eigenvalue weighted by Gasteiger charge is 2.34. The van der Waals surface area contributed by atoms with E-state index in [0.29, 0.717) is 31.2 Å². The number of esters is 1. The molecule has 1 heterocycles. The molecule has 0 aromatic heterocycles. The smallest absolute Gasteiger partial charge is 0.338 e. The molecule has 0 radical (unpaired) electrons. The van der Waals surface area contributed by atoms with Crippen molar-refractivity contribution in [1.29, 1.82) is 0 Å². The van der Waals surface area contributed by atoms with E-state index >= 15 is 0 Å². The molecule has 120 valence electrons. The molecule has 0 N–H and O–H groups in total. The molecule has 1 aromatic rings. The predicted molar refractivity (Wildman–Crippen MR) is 82.3 cm³/mol. The molecule has 22 heavy (non-hydrogen) atoms. The lowest BCUT2D eigenvalue weighted by Crippen LogP contribution is -2.47. The highest BCUT2D eigenvalue weighted by Crippen LogP contribution is 2.29. The van der Waals surface area contributed by atoms with E-state index in [1.807, 2.05) is 32.9 Å². The number of ether oxygens (including phenoxy) is 1. The van der Waals surface area contributed by atoms with Gasteiger partial charge in [0.2, 0.25) is 0 Å². The third-order valence-corrected chi connectivity index (χ3v) is 3.57. The summed E-state index contributed by atoms with van der Waals surface area (Å²) in [5.41, 5.74) is 1.20. The maximum atomic E-state index is 11.8. The van der Waals surface area contributed by atoms with Gasteiger partial charge in [-0.15, -0.1) is 5.06 Å². The Labute approximate surface area is 131 Å². The minimum absolute atomic E-state index is 0.219. The Morgan fingerprint density at radius 1 is 1.18 bits per heavy atom. The molecule has 0 aliphatic carbocycles. The van der Waals surface area contributed by atoms with E-state index < -0.39 is 5.41 Å². The number of carbonyl (C=O) groups excluding carboxylic acids is 2. The molecule has 0 atom stereocenters. The lowest BCUT2D eigenvalue weighted by molar-refractivity contribution is -0.220. The van der Waals surface area contributed by atoms with E-state index in [-0.39, 0.29) is 11.9 Å². The Kier molecular flexibility index (Phi) is 4.86. The van der Waals surface area contributed by atoms with Crippen LogP contribution in [-0.2, 0) is 14.4 Å². The molecule has 2 rings (SSSR count). The number of hydrogen-bond acceptors (Lipinski definition) is 5. The van der Waals surface area contributed by atoms with Crippen LogP contribution in [0.2, 0.25) is 0 Å². The Morgan fingerprint density at radius 2 is 1.77 bits per heavy atom. The van der Waals surface area contributed by atoms with E-state index in [9.17, 15) is 9.59 Å². The quantitative estimate of drug-likeness (QED) is 0.801. The van der Waals surface area contributed by atoms with E-state index in [4.69, 9.17) is 9.57 Å². The maximum Gasteiger partial charge on any atom is 0.338 e. The molecule has 1 aliphatic rings. The number of hydrogen-bond donors (Lipinski definition) is 0. The first-order valence-electron chi connectivity index (χ1n) is 7.55. The summed E-state index contributed by atoms with van der Waals surface area (Å²) in [5.74, 6) is -0.198. The summed E-state index contributed by atoms with van der Waals surface area (Å²) in [5, 5.41) is 1.68. The molecule has 0 spiro atoms. The van der Waals surface area contributed by atoms with Gasteiger partial charge in [-0.2, -0.15) is 0 Å². The number of rotatable bonds is 4. The summed E-state index contributed by atoms with van der Waals surface area (Å²) in [4.78, 5) is 28.7. The van der Waals surface area contributed by atoms with Gasteiger partial charge in [0.05, 0.1) is 17.6 Å². The van der Waals surface area contributed by atoms with E-state index in [1.54, 1.807) is 24.1 Å². The zero-order valence-corrected chi connectivity index (χ0v) is 13.6. The molecule has 5 nitrogen and oxygen atoms in total. The van der Waals surface area contributed by atoms with E-state index in [0.717, 1.165) is 5.56 Å². The third-order valence-electron chi connectivity index (χ3n) is 3.57. The summed E-state index contributed by atoms with van der Waals surface area (Å²) in [6, 6.07) is 7.41. The van der Waals surface area contributed by atoms with Gasteiger partial charge in [0.15, 0.2) is 0 Å². The molecule has 1 fully saturated rings. The van der Waals surface area contributed by atoms with Crippen molar-refractivity contribution in [3.63, 3.8) is 0 Å². The van der Waals surface area contributed by atoms with Gasteiger partial charge in [0.25, 0.3) is 0 Å². The molecule has 1 saturated heterocycles. The summed E-state index contributed by atoms with van der Waals surface area (Å²) in [6.45, 7) is 9.02. The summed E-state index contributed by atoms with van der Waals surface area (Å²) in [7, 11) is 0. The molecule has 0 saturated carbocycles. The van der Waals surface area contributed by atoms with Crippen LogP contribution in [0, 0.1) is 5.41 Å². The van der Waals surface area contributed by atoms with Gasteiger partial charge in [-0.3, -0.25) is 0 Å². The van der Waals surface area contributed by atoms with Crippen LogP contribution >= 0.6 is 0 Å². The van der Waals surface area contributed by atoms with Gasteiger partial charge in [-0.1, -0.05) is 12.1 Å². The average molecular weight is 305 g/mol. The van der Waals surface area contributed by atoms with Crippen molar-refractivity contribution < 1.29 is 19.2 Å². The second kappa shape index (κ2) is 6.48. The van der Waals surface area contributed by atoms with Gasteiger partial charge in [0, 0.05) is 19.0 Å². The first-order chi connectivity index (χ1) is 10.3. The van der Waals surface area contributed by atoms with Crippen molar-refractivity contribution in [3.8, 4) is 0 Å². The van der Waals surface area contributed by atoms with E-state index in [2.05, 4.69) is 0 Å². The Balaban J connectivity index is 1.86. The molecule has 5 heteroatoms. The average Bonchev–Trinajstić information content (AvgIpc) is 2.41. The summed E-state index contributed by atoms with van der Waals surface area (Å²) in [6.07, 6.45) is 0. The summed E-state index contributed by atoms with van der Waals surface area (Å²) >= 11 is 0.